The quantitative estimate of drug-likeness (QED) is 0.522. The number of carbonyl (C=O) groups is 1. The molecule has 7 nitrogen and oxygen atoms in total. The summed E-state index contributed by atoms with van der Waals surface area (Å²) in [7, 11) is 0. The molecule has 0 aliphatic carbocycles. The Labute approximate surface area is 200 Å². The molecule has 3 heterocycles. The minimum atomic E-state index is -4.37. The molecule has 2 aromatic heterocycles. The zero-order chi connectivity index (χ0) is 24.6. The SMILES string of the molecule is Cc1nn(Cc2c(C(=O)N3CCN(Cc4cccc(C(F)(F)F)c4)CC3)noc2C)c(C)c1Cl. The summed E-state index contributed by atoms with van der Waals surface area (Å²) < 4.78 is 46.0. The normalized spacial score (nSPS) is 15.2. The van der Waals surface area contributed by atoms with Crippen LogP contribution in [0.25, 0.3) is 0 Å². The number of hydrogen-bond acceptors (Lipinski definition) is 5. The van der Waals surface area contributed by atoms with Gasteiger partial charge < -0.3 is 9.42 Å². The summed E-state index contributed by atoms with van der Waals surface area (Å²) in [6.45, 7) is 8.09. The molecule has 1 saturated heterocycles. The fraction of sp³-hybridized carbons (Fsp3) is 0.435. The maximum absolute atomic E-state index is 13.2. The van der Waals surface area contributed by atoms with E-state index < -0.39 is 11.7 Å². The van der Waals surface area contributed by atoms with Crippen molar-refractivity contribution in [3.05, 3.63) is 68.8 Å². The highest BCUT2D eigenvalue weighted by Crippen LogP contribution is 2.30. The molecule has 1 aliphatic rings. The van der Waals surface area contributed by atoms with E-state index in [4.69, 9.17) is 16.1 Å². The van der Waals surface area contributed by atoms with Gasteiger partial charge in [-0.05, 0) is 32.4 Å². The predicted molar refractivity (Wildman–Crippen MR) is 120 cm³/mol. The van der Waals surface area contributed by atoms with Crippen LogP contribution in [-0.4, -0.2) is 56.8 Å². The standard InChI is InChI=1S/C23H25ClF3N5O2/c1-14-20(24)15(2)32(28-14)13-19-16(3)34-29-21(19)22(33)31-9-7-30(8-10-31)12-17-5-4-6-18(11-17)23(25,26)27/h4-6,11H,7-10,12-13H2,1-3H3. The molecule has 11 heteroatoms. The average molecular weight is 496 g/mol. The number of hydrogen-bond donors (Lipinski definition) is 0. The lowest BCUT2D eigenvalue weighted by molar-refractivity contribution is -0.137. The van der Waals surface area contributed by atoms with E-state index in [0.717, 1.165) is 11.8 Å². The molecule has 0 bridgehead atoms. The van der Waals surface area contributed by atoms with Gasteiger partial charge in [0.1, 0.15) is 5.76 Å². The van der Waals surface area contributed by atoms with Crippen molar-refractivity contribution in [1.82, 2.24) is 24.7 Å². The van der Waals surface area contributed by atoms with Crippen molar-refractivity contribution < 1.29 is 22.5 Å². The third-order valence-corrected chi connectivity index (χ3v) is 6.66. The molecule has 4 rings (SSSR count). The van der Waals surface area contributed by atoms with Gasteiger partial charge in [-0.1, -0.05) is 35.0 Å². The molecule has 0 spiro atoms. The molecule has 0 unspecified atom stereocenters. The lowest BCUT2D eigenvalue weighted by atomic mass is 10.1. The molecular weight excluding hydrogens is 471 g/mol. The summed E-state index contributed by atoms with van der Waals surface area (Å²) in [5.41, 5.74) is 2.33. The summed E-state index contributed by atoms with van der Waals surface area (Å²) in [6.07, 6.45) is -4.37. The van der Waals surface area contributed by atoms with Gasteiger partial charge in [-0.3, -0.25) is 14.4 Å². The van der Waals surface area contributed by atoms with Crippen molar-refractivity contribution in [3.8, 4) is 0 Å². The fourth-order valence-corrected chi connectivity index (χ4v) is 4.22. The van der Waals surface area contributed by atoms with E-state index in [1.54, 1.807) is 22.6 Å². The molecule has 1 aromatic carbocycles. The summed E-state index contributed by atoms with van der Waals surface area (Å²) in [5, 5.41) is 9.01. The van der Waals surface area contributed by atoms with Crippen molar-refractivity contribution in [2.24, 2.45) is 0 Å². The Kier molecular flexibility index (Phi) is 6.73. The van der Waals surface area contributed by atoms with Crippen LogP contribution in [0.3, 0.4) is 0 Å². The Hall–Kier alpha value is -2.85. The molecule has 182 valence electrons. The Bertz CT molecular complexity index is 1200. The first kappa shape index (κ1) is 24.3. The van der Waals surface area contributed by atoms with Crippen LogP contribution in [0.4, 0.5) is 13.2 Å². The molecule has 34 heavy (non-hydrogen) atoms. The van der Waals surface area contributed by atoms with Crippen LogP contribution in [0.5, 0.6) is 0 Å². The van der Waals surface area contributed by atoms with Gasteiger partial charge in [-0.15, -0.1) is 0 Å². The zero-order valence-electron chi connectivity index (χ0n) is 19.1. The number of alkyl halides is 3. The van der Waals surface area contributed by atoms with E-state index in [2.05, 4.69) is 10.3 Å². The Morgan fingerprint density at radius 2 is 1.82 bits per heavy atom. The number of carbonyl (C=O) groups excluding carboxylic acids is 1. The third-order valence-electron chi connectivity index (χ3n) is 6.11. The maximum Gasteiger partial charge on any atom is 0.416 e. The van der Waals surface area contributed by atoms with Crippen molar-refractivity contribution in [3.63, 3.8) is 0 Å². The van der Waals surface area contributed by atoms with Crippen molar-refractivity contribution in [1.29, 1.82) is 0 Å². The Balaban J connectivity index is 1.41. The second-order valence-corrected chi connectivity index (χ2v) is 8.85. The molecule has 0 radical (unpaired) electrons. The third kappa shape index (κ3) is 4.97. The topological polar surface area (TPSA) is 67.4 Å². The van der Waals surface area contributed by atoms with Crippen LogP contribution in [0.15, 0.2) is 28.8 Å². The molecule has 0 atom stereocenters. The molecule has 0 saturated carbocycles. The van der Waals surface area contributed by atoms with E-state index in [1.165, 1.54) is 12.1 Å². The first-order chi connectivity index (χ1) is 16.0. The van der Waals surface area contributed by atoms with E-state index in [1.807, 2.05) is 18.7 Å². The van der Waals surface area contributed by atoms with Crippen LogP contribution in [0, 0.1) is 20.8 Å². The molecule has 3 aromatic rings. The number of piperazine rings is 1. The Morgan fingerprint density at radius 1 is 1.12 bits per heavy atom. The molecule has 1 fully saturated rings. The van der Waals surface area contributed by atoms with Crippen LogP contribution in [0.2, 0.25) is 5.02 Å². The maximum atomic E-state index is 13.2. The Morgan fingerprint density at radius 3 is 2.44 bits per heavy atom. The summed E-state index contributed by atoms with van der Waals surface area (Å²) in [5.74, 6) is 0.299. The number of aromatic nitrogens is 3. The van der Waals surface area contributed by atoms with Gasteiger partial charge in [-0.25, -0.2) is 0 Å². The van der Waals surface area contributed by atoms with Crippen molar-refractivity contribution >= 4 is 17.5 Å². The number of amides is 1. The fourth-order valence-electron chi connectivity index (χ4n) is 4.09. The van der Waals surface area contributed by atoms with E-state index >= 15 is 0 Å². The van der Waals surface area contributed by atoms with E-state index in [-0.39, 0.29) is 11.6 Å². The number of halogens is 4. The highest BCUT2D eigenvalue weighted by Gasteiger charge is 2.31. The first-order valence-corrected chi connectivity index (χ1v) is 11.2. The van der Waals surface area contributed by atoms with Crippen molar-refractivity contribution in [2.75, 3.05) is 26.2 Å². The highest BCUT2D eigenvalue weighted by atomic mass is 35.5. The number of benzene rings is 1. The van der Waals surface area contributed by atoms with Crippen LogP contribution < -0.4 is 0 Å². The van der Waals surface area contributed by atoms with Gasteiger partial charge in [0.15, 0.2) is 5.69 Å². The smallest absolute Gasteiger partial charge is 0.361 e. The number of nitrogens with zero attached hydrogens (tertiary/aromatic N) is 5. The minimum Gasteiger partial charge on any atom is -0.361 e. The summed E-state index contributed by atoms with van der Waals surface area (Å²) >= 11 is 6.25. The van der Waals surface area contributed by atoms with E-state index in [0.29, 0.717) is 66.9 Å². The van der Waals surface area contributed by atoms with Gasteiger partial charge in [0.25, 0.3) is 5.91 Å². The van der Waals surface area contributed by atoms with Crippen LogP contribution in [-0.2, 0) is 19.3 Å². The van der Waals surface area contributed by atoms with Gasteiger partial charge in [-0.2, -0.15) is 18.3 Å². The van der Waals surface area contributed by atoms with Crippen LogP contribution in [0.1, 0.15) is 44.3 Å². The lowest BCUT2D eigenvalue weighted by Gasteiger charge is -2.34. The predicted octanol–water partition coefficient (Wildman–Crippen LogP) is 4.47. The average Bonchev–Trinajstić information content (AvgIpc) is 3.28. The molecule has 1 amide bonds. The van der Waals surface area contributed by atoms with Gasteiger partial charge in [0, 0.05) is 38.3 Å². The zero-order valence-corrected chi connectivity index (χ0v) is 19.9. The van der Waals surface area contributed by atoms with Gasteiger partial charge in [0.2, 0.25) is 0 Å². The summed E-state index contributed by atoms with van der Waals surface area (Å²) in [4.78, 5) is 16.9. The second kappa shape index (κ2) is 9.42. The number of rotatable bonds is 5. The lowest BCUT2D eigenvalue weighted by Crippen LogP contribution is -2.48. The number of aryl methyl sites for hydroxylation is 2. The van der Waals surface area contributed by atoms with Gasteiger partial charge in [0.05, 0.1) is 28.5 Å². The van der Waals surface area contributed by atoms with Crippen LogP contribution >= 0.6 is 11.6 Å². The first-order valence-electron chi connectivity index (χ1n) is 10.9. The monoisotopic (exact) mass is 495 g/mol. The van der Waals surface area contributed by atoms with E-state index in [9.17, 15) is 18.0 Å². The molecular formula is C23H25ClF3N5O2. The largest absolute Gasteiger partial charge is 0.416 e. The minimum absolute atomic E-state index is 0.238. The second-order valence-electron chi connectivity index (χ2n) is 8.47. The highest BCUT2D eigenvalue weighted by molar-refractivity contribution is 6.31. The van der Waals surface area contributed by atoms with Crippen molar-refractivity contribution in [2.45, 2.75) is 40.0 Å². The molecule has 0 N–H and O–H groups in total. The summed E-state index contributed by atoms with van der Waals surface area (Å²) in [6, 6.07) is 5.34. The van der Waals surface area contributed by atoms with Gasteiger partial charge >= 0.3 is 6.18 Å². The molecule has 1 aliphatic heterocycles.